The van der Waals surface area contributed by atoms with Crippen LogP contribution in [0.5, 0.6) is 0 Å². The molecular weight excluding hydrogens is 342 g/mol. The molecule has 0 aliphatic carbocycles. The summed E-state index contributed by atoms with van der Waals surface area (Å²) in [6.07, 6.45) is 3.21. The number of likely N-dealkylation sites (tertiary alicyclic amines) is 1. The van der Waals surface area contributed by atoms with Gasteiger partial charge in [0, 0.05) is 16.9 Å². The van der Waals surface area contributed by atoms with Crippen LogP contribution in [0.3, 0.4) is 0 Å². The van der Waals surface area contributed by atoms with E-state index >= 15 is 0 Å². The van der Waals surface area contributed by atoms with Gasteiger partial charge in [0.1, 0.15) is 0 Å². The van der Waals surface area contributed by atoms with Crippen LogP contribution in [0.15, 0.2) is 48.5 Å². The lowest BCUT2D eigenvalue weighted by molar-refractivity contribution is 0.0798. The zero-order chi connectivity index (χ0) is 18.5. The summed E-state index contributed by atoms with van der Waals surface area (Å²) in [5, 5.41) is 6.84. The van der Waals surface area contributed by atoms with Crippen molar-refractivity contribution in [2.75, 3.05) is 24.2 Å². The van der Waals surface area contributed by atoms with E-state index in [-0.39, 0.29) is 11.8 Å². The Morgan fingerprint density at radius 3 is 2.54 bits per heavy atom. The first kappa shape index (κ1) is 18.5. The second-order valence-electron chi connectivity index (χ2n) is 6.88. The molecule has 2 aromatic rings. The number of carbonyl (C=O) groups excluding carboxylic acids is 1. The maximum atomic E-state index is 12.9. The number of piperidine rings is 1. The highest BCUT2D eigenvalue weighted by atomic mass is 32.1. The predicted octanol–water partition coefficient (Wildman–Crippen LogP) is 4.47. The second-order valence-corrected chi connectivity index (χ2v) is 7.29. The van der Waals surface area contributed by atoms with Crippen molar-refractivity contribution in [1.29, 1.82) is 0 Å². The molecule has 0 amide bonds. The van der Waals surface area contributed by atoms with Crippen molar-refractivity contribution in [3.8, 4) is 0 Å². The number of carbonyl (C=O) groups is 1. The number of likely N-dealkylation sites (N-methyl/N-ethyl adjacent to an activating group) is 1. The molecule has 1 aliphatic heterocycles. The molecular formula is C21H25N3OS. The number of hydrogen-bond acceptors (Lipinski definition) is 3. The van der Waals surface area contributed by atoms with Crippen molar-refractivity contribution in [1.82, 2.24) is 4.90 Å². The summed E-state index contributed by atoms with van der Waals surface area (Å²) < 4.78 is 0. The number of ketones is 1. The lowest BCUT2D eigenvalue weighted by Gasteiger charge is -2.31. The number of anilines is 2. The van der Waals surface area contributed by atoms with Gasteiger partial charge in [0.05, 0.1) is 6.04 Å². The molecule has 5 heteroatoms. The van der Waals surface area contributed by atoms with E-state index in [4.69, 9.17) is 12.2 Å². The maximum Gasteiger partial charge on any atom is 0.180 e. The van der Waals surface area contributed by atoms with Crippen molar-refractivity contribution < 1.29 is 4.79 Å². The molecule has 0 radical (unpaired) electrons. The maximum absolute atomic E-state index is 12.9. The van der Waals surface area contributed by atoms with E-state index in [1.807, 2.05) is 62.5 Å². The molecule has 1 unspecified atom stereocenters. The molecule has 1 fully saturated rings. The number of Topliss-reactive ketones (excluding diaryl/α,β-unsaturated/α-hetero) is 1. The van der Waals surface area contributed by atoms with Gasteiger partial charge in [-0.2, -0.15) is 0 Å². The fourth-order valence-electron chi connectivity index (χ4n) is 3.28. The average molecular weight is 368 g/mol. The van der Waals surface area contributed by atoms with Crippen LogP contribution < -0.4 is 10.6 Å². The third-order valence-electron chi connectivity index (χ3n) is 4.79. The molecule has 26 heavy (non-hydrogen) atoms. The van der Waals surface area contributed by atoms with E-state index in [9.17, 15) is 4.79 Å². The Labute approximate surface area is 160 Å². The predicted molar refractivity (Wildman–Crippen MR) is 112 cm³/mol. The smallest absolute Gasteiger partial charge is 0.180 e. The van der Waals surface area contributed by atoms with Gasteiger partial charge in [-0.25, -0.2) is 0 Å². The SMILES string of the molecule is Cc1ccc(NC(=S)Nc2cccc(C(=O)C3CCCCN3C)c2)cc1. The van der Waals surface area contributed by atoms with E-state index in [2.05, 4.69) is 15.5 Å². The lowest BCUT2D eigenvalue weighted by atomic mass is 9.95. The minimum Gasteiger partial charge on any atom is -0.332 e. The van der Waals surface area contributed by atoms with Gasteiger partial charge in [-0.05, 0) is 69.8 Å². The normalized spacial score (nSPS) is 17.5. The van der Waals surface area contributed by atoms with Gasteiger partial charge in [0.15, 0.2) is 10.9 Å². The number of hydrogen-bond donors (Lipinski definition) is 2. The van der Waals surface area contributed by atoms with Crippen LogP contribution in [0, 0.1) is 6.92 Å². The number of rotatable bonds is 4. The minimum atomic E-state index is -0.0170. The fraction of sp³-hybridized carbons (Fsp3) is 0.333. The number of aryl methyl sites for hydroxylation is 1. The second kappa shape index (κ2) is 8.43. The number of nitrogens with one attached hydrogen (secondary N) is 2. The van der Waals surface area contributed by atoms with Crippen molar-refractivity contribution >= 4 is 34.5 Å². The van der Waals surface area contributed by atoms with E-state index in [0.29, 0.717) is 5.11 Å². The summed E-state index contributed by atoms with van der Waals surface area (Å²) in [5.74, 6) is 0.188. The van der Waals surface area contributed by atoms with E-state index in [0.717, 1.165) is 36.3 Å². The Balaban J connectivity index is 1.65. The van der Waals surface area contributed by atoms with Crippen LogP contribution in [0.25, 0.3) is 0 Å². The van der Waals surface area contributed by atoms with Gasteiger partial charge in [0.25, 0.3) is 0 Å². The zero-order valence-electron chi connectivity index (χ0n) is 15.3. The van der Waals surface area contributed by atoms with Gasteiger partial charge in [-0.15, -0.1) is 0 Å². The molecule has 0 bridgehead atoms. The van der Waals surface area contributed by atoms with Crippen molar-refractivity contribution in [3.63, 3.8) is 0 Å². The molecule has 1 saturated heterocycles. The van der Waals surface area contributed by atoms with E-state index < -0.39 is 0 Å². The highest BCUT2D eigenvalue weighted by molar-refractivity contribution is 7.80. The summed E-state index contributed by atoms with van der Waals surface area (Å²) in [5.41, 5.74) is 3.68. The molecule has 0 aromatic heterocycles. The Bertz CT molecular complexity index is 788. The van der Waals surface area contributed by atoms with Crippen molar-refractivity contribution in [3.05, 3.63) is 59.7 Å². The quantitative estimate of drug-likeness (QED) is 0.616. The van der Waals surface area contributed by atoms with Crippen molar-refractivity contribution in [2.24, 2.45) is 0 Å². The van der Waals surface area contributed by atoms with Crippen LogP contribution in [-0.2, 0) is 0 Å². The summed E-state index contributed by atoms with van der Waals surface area (Å²) in [6.45, 7) is 3.03. The Morgan fingerprint density at radius 1 is 1.08 bits per heavy atom. The number of nitrogens with zero attached hydrogens (tertiary/aromatic N) is 1. The summed E-state index contributed by atoms with van der Waals surface area (Å²) in [7, 11) is 2.03. The van der Waals surface area contributed by atoms with Crippen LogP contribution >= 0.6 is 12.2 Å². The topological polar surface area (TPSA) is 44.4 Å². The first-order chi connectivity index (χ1) is 12.5. The molecule has 0 saturated carbocycles. The van der Waals surface area contributed by atoms with Crippen LogP contribution in [-0.4, -0.2) is 35.4 Å². The lowest BCUT2D eigenvalue weighted by Crippen LogP contribution is -2.42. The largest absolute Gasteiger partial charge is 0.332 e. The van der Waals surface area contributed by atoms with E-state index in [1.54, 1.807) is 0 Å². The number of thiocarbonyl (C=S) groups is 1. The average Bonchev–Trinajstić information content (AvgIpc) is 2.64. The third kappa shape index (κ3) is 4.68. The Hall–Kier alpha value is -2.24. The molecule has 2 aromatic carbocycles. The molecule has 136 valence electrons. The van der Waals surface area contributed by atoms with Gasteiger partial charge in [-0.3, -0.25) is 9.69 Å². The molecule has 2 N–H and O–H groups in total. The third-order valence-corrected chi connectivity index (χ3v) is 4.99. The Kier molecular flexibility index (Phi) is 6.01. The highest BCUT2D eigenvalue weighted by Crippen LogP contribution is 2.21. The summed E-state index contributed by atoms with van der Waals surface area (Å²) in [6, 6.07) is 15.6. The zero-order valence-corrected chi connectivity index (χ0v) is 16.1. The van der Waals surface area contributed by atoms with Crippen LogP contribution in [0.1, 0.15) is 35.2 Å². The fourth-order valence-corrected chi connectivity index (χ4v) is 3.52. The monoisotopic (exact) mass is 367 g/mol. The van der Waals surface area contributed by atoms with Gasteiger partial charge in [-0.1, -0.05) is 36.2 Å². The number of benzene rings is 2. The summed E-state index contributed by atoms with van der Waals surface area (Å²) in [4.78, 5) is 15.0. The molecule has 4 nitrogen and oxygen atoms in total. The minimum absolute atomic E-state index is 0.0170. The van der Waals surface area contributed by atoms with Gasteiger partial charge in [0.2, 0.25) is 0 Å². The first-order valence-electron chi connectivity index (χ1n) is 9.02. The van der Waals surface area contributed by atoms with Crippen molar-refractivity contribution in [2.45, 2.75) is 32.2 Å². The summed E-state index contributed by atoms with van der Waals surface area (Å²) >= 11 is 5.39. The van der Waals surface area contributed by atoms with Crippen LogP contribution in [0.4, 0.5) is 11.4 Å². The van der Waals surface area contributed by atoms with Gasteiger partial charge < -0.3 is 10.6 Å². The molecule has 1 atom stereocenters. The van der Waals surface area contributed by atoms with E-state index in [1.165, 1.54) is 12.0 Å². The van der Waals surface area contributed by atoms with Gasteiger partial charge >= 0.3 is 0 Å². The molecule has 0 spiro atoms. The molecule has 1 aliphatic rings. The first-order valence-corrected chi connectivity index (χ1v) is 9.43. The highest BCUT2D eigenvalue weighted by Gasteiger charge is 2.26. The Morgan fingerprint density at radius 2 is 1.81 bits per heavy atom. The van der Waals surface area contributed by atoms with Crippen LogP contribution in [0.2, 0.25) is 0 Å². The molecule has 3 rings (SSSR count). The molecule has 1 heterocycles. The standard InChI is InChI=1S/C21H25N3OS/c1-15-9-11-17(12-10-15)22-21(26)23-18-7-5-6-16(14-18)20(25)19-8-3-4-13-24(19)2/h5-7,9-12,14,19H,3-4,8,13H2,1-2H3,(H2,22,23,26).